The Labute approximate surface area is 141 Å². The second kappa shape index (κ2) is 6.22. The van der Waals surface area contributed by atoms with Gasteiger partial charge in [-0.05, 0) is 25.0 Å². The number of benzene rings is 2. The molecule has 0 amide bonds. The van der Waals surface area contributed by atoms with E-state index < -0.39 is 10.0 Å². The molecule has 0 unspecified atom stereocenters. The molecule has 0 aliphatic heterocycles. The van der Waals surface area contributed by atoms with Gasteiger partial charge in [0.1, 0.15) is 0 Å². The molecule has 2 aromatic carbocycles. The Kier molecular flexibility index (Phi) is 4.26. The highest BCUT2D eigenvalue weighted by Crippen LogP contribution is 2.39. The fourth-order valence-electron chi connectivity index (χ4n) is 2.77. The number of aromatic nitrogens is 1. The molecule has 0 radical (unpaired) electrons. The van der Waals surface area contributed by atoms with Crippen LogP contribution in [0.5, 0.6) is 0 Å². The number of nitrogens with zero attached hydrogens (tertiary/aromatic N) is 1. The van der Waals surface area contributed by atoms with Crippen molar-refractivity contribution in [3.05, 3.63) is 59.8 Å². The van der Waals surface area contributed by atoms with E-state index in [1.54, 1.807) is 18.2 Å². The van der Waals surface area contributed by atoms with E-state index in [1.165, 1.54) is 6.07 Å². The maximum atomic E-state index is 12.0. The molecule has 0 saturated carbocycles. The minimum atomic E-state index is -3.86. The van der Waals surface area contributed by atoms with Gasteiger partial charge in [0.05, 0.1) is 16.2 Å². The molecule has 0 saturated heterocycles. The normalized spacial score (nSPS) is 11.6. The highest BCUT2D eigenvalue weighted by molar-refractivity contribution is 7.89. The number of rotatable bonds is 4. The van der Waals surface area contributed by atoms with Crippen LogP contribution in [0.3, 0.4) is 0 Å². The first kappa shape index (κ1) is 16.4. The lowest BCUT2D eigenvalue weighted by Crippen LogP contribution is -2.13. The van der Waals surface area contributed by atoms with E-state index in [0.717, 1.165) is 11.1 Å². The quantitative estimate of drug-likeness (QED) is 0.786. The molecule has 6 heteroatoms. The predicted molar refractivity (Wildman–Crippen MR) is 92.9 cm³/mol. The summed E-state index contributed by atoms with van der Waals surface area (Å²) in [7, 11) is -3.86. The summed E-state index contributed by atoms with van der Waals surface area (Å²) >= 11 is 0. The second-order valence-electron chi connectivity index (χ2n) is 5.54. The van der Waals surface area contributed by atoms with E-state index in [-0.39, 0.29) is 4.90 Å². The molecule has 0 atom stereocenters. The van der Waals surface area contributed by atoms with Gasteiger partial charge < -0.3 is 4.52 Å². The highest BCUT2D eigenvalue weighted by atomic mass is 32.2. The number of aryl methyl sites for hydroxylation is 2. The van der Waals surface area contributed by atoms with Gasteiger partial charge in [-0.3, -0.25) is 0 Å². The van der Waals surface area contributed by atoms with Crippen molar-refractivity contribution in [1.82, 2.24) is 5.16 Å². The molecule has 0 fully saturated rings. The lowest BCUT2D eigenvalue weighted by atomic mass is 9.96. The Morgan fingerprint density at radius 3 is 2.29 bits per heavy atom. The van der Waals surface area contributed by atoms with Crippen LogP contribution in [-0.4, -0.2) is 13.6 Å². The molecule has 2 N–H and O–H groups in total. The minimum absolute atomic E-state index is 0.0673. The van der Waals surface area contributed by atoms with Crippen molar-refractivity contribution in [3.63, 3.8) is 0 Å². The molecule has 1 heterocycles. The van der Waals surface area contributed by atoms with Gasteiger partial charge in [-0.15, -0.1) is 0 Å². The van der Waals surface area contributed by atoms with Gasteiger partial charge in [-0.1, -0.05) is 54.5 Å². The SMILES string of the molecule is CCc1noc(-c2ccccc2C)c1-c1ccccc1S(N)(=O)=O. The molecule has 0 spiro atoms. The maximum Gasteiger partial charge on any atom is 0.238 e. The van der Waals surface area contributed by atoms with Crippen LogP contribution in [0.2, 0.25) is 0 Å². The minimum Gasteiger partial charge on any atom is -0.355 e. The van der Waals surface area contributed by atoms with Crippen LogP contribution in [-0.2, 0) is 16.4 Å². The van der Waals surface area contributed by atoms with Gasteiger partial charge >= 0.3 is 0 Å². The summed E-state index contributed by atoms with van der Waals surface area (Å²) in [6.07, 6.45) is 0.615. The van der Waals surface area contributed by atoms with Gasteiger partial charge in [0.2, 0.25) is 10.0 Å². The number of sulfonamides is 1. The van der Waals surface area contributed by atoms with Crippen molar-refractivity contribution in [2.24, 2.45) is 5.14 Å². The van der Waals surface area contributed by atoms with Crippen LogP contribution in [0, 0.1) is 6.92 Å². The van der Waals surface area contributed by atoms with E-state index in [4.69, 9.17) is 9.66 Å². The molecule has 3 rings (SSSR count). The average molecular weight is 342 g/mol. The number of primary sulfonamides is 1. The molecular formula is C18H18N2O3S. The van der Waals surface area contributed by atoms with Crippen molar-refractivity contribution in [2.45, 2.75) is 25.2 Å². The summed E-state index contributed by atoms with van der Waals surface area (Å²) < 4.78 is 29.6. The lowest BCUT2D eigenvalue weighted by Gasteiger charge is -2.10. The van der Waals surface area contributed by atoms with Crippen LogP contribution in [0.25, 0.3) is 22.5 Å². The number of hydrogen-bond acceptors (Lipinski definition) is 4. The van der Waals surface area contributed by atoms with Gasteiger partial charge in [0, 0.05) is 11.1 Å². The average Bonchev–Trinajstić information content (AvgIpc) is 2.98. The Balaban J connectivity index is 2.35. The molecule has 3 aromatic rings. The number of nitrogens with two attached hydrogens (primary N) is 1. The largest absolute Gasteiger partial charge is 0.355 e. The van der Waals surface area contributed by atoms with Crippen molar-refractivity contribution < 1.29 is 12.9 Å². The van der Waals surface area contributed by atoms with Crippen LogP contribution >= 0.6 is 0 Å². The molecule has 5 nitrogen and oxygen atoms in total. The van der Waals surface area contributed by atoms with Crippen LogP contribution in [0.1, 0.15) is 18.2 Å². The molecule has 0 aliphatic rings. The summed E-state index contributed by atoms with van der Waals surface area (Å²) in [6, 6.07) is 14.4. The van der Waals surface area contributed by atoms with E-state index in [1.807, 2.05) is 38.1 Å². The fraction of sp³-hybridized carbons (Fsp3) is 0.167. The zero-order chi connectivity index (χ0) is 17.3. The standard InChI is InChI=1S/C18H18N2O3S/c1-3-15-17(14-10-6-7-11-16(14)24(19,21)22)18(23-20-15)13-9-5-4-8-12(13)2/h4-11H,3H2,1-2H3,(H2,19,21,22). The Morgan fingerprint density at radius 2 is 1.67 bits per heavy atom. The zero-order valence-corrected chi connectivity index (χ0v) is 14.3. The molecule has 1 aromatic heterocycles. The van der Waals surface area contributed by atoms with E-state index in [0.29, 0.717) is 29.0 Å². The summed E-state index contributed by atoms with van der Waals surface area (Å²) in [5.41, 5.74) is 3.78. The Morgan fingerprint density at radius 1 is 1.04 bits per heavy atom. The van der Waals surface area contributed by atoms with Gasteiger partial charge in [0.15, 0.2) is 5.76 Å². The number of hydrogen-bond donors (Lipinski definition) is 1. The second-order valence-corrected chi connectivity index (χ2v) is 7.07. The molecule has 0 aliphatic carbocycles. The highest BCUT2D eigenvalue weighted by Gasteiger charge is 2.24. The summed E-state index contributed by atoms with van der Waals surface area (Å²) in [4.78, 5) is 0.0673. The van der Waals surface area contributed by atoms with Gasteiger partial charge in [0.25, 0.3) is 0 Å². The van der Waals surface area contributed by atoms with Crippen LogP contribution in [0.4, 0.5) is 0 Å². The third-order valence-electron chi connectivity index (χ3n) is 3.95. The van der Waals surface area contributed by atoms with Gasteiger partial charge in [-0.25, -0.2) is 13.6 Å². The monoisotopic (exact) mass is 342 g/mol. The van der Waals surface area contributed by atoms with Crippen LogP contribution < -0.4 is 5.14 Å². The van der Waals surface area contributed by atoms with Gasteiger partial charge in [-0.2, -0.15) is 0 Å². The summed E-state index contributed by atoms with van der Waals surface area (Å²) in [5, 5.41) is 9.54. The Bertz CT molecular complexity index is 991. The first-order valence-corrected chi connectivity index (χ1v) is 9.15. The molecule has 24 heavy (non-hydrogen) atoms. The van der Waals surface area contributed by atoms with E-state index >= 15 is 0 Å². The zero-order valence-electron chi connectivity index (χ0n) is 13.5. The van der Waals surface area contributed by atoms with Crippen molar-refractivity contribution >= 4 is 10.0 Å². The third kappa shape index (κ3) is 2.86. The maximum absolute atomic E-state index is 12.0. The third-order valence-corrected chi connectivity index (χ3v) is 4.92. The van der Waals surface area contributed by atoms with Crippen LogP contribution in [0.15, 0.2) is 57.9 Å². The summed E-state index contributed by atoms with van der Waals surface area (Å²) in [5.74, 6) is 0.557. The molecular weight excluding hydrogens is 324 g/mol. The van der Waals surface area contributed by atoms with E-state index in [2.05, 4.69) is 5.16 Å². The smallest absolute Gasteiger partial charge is 0.238 e. The fourth-order valence-corrected chi connectivity index (χ4v) is 3.52. The topological polar surface area (TPSA) is 86.2 Å². The first-order valence-electron chi connectivity index (χ1n) is 7.60. The summed E-state index contributed by atoms with van der Waals surface area (Å²) in [6.45, 7) is 3.92. The molecule has 124 valence electrons. The van der Waals surface area contributed by atoms with Crippen molar-refractivity contribution in [3.8, 4) is 22.5 Å². The van der Waals surface area contributed by atoms with E-state index in [9.17, 15) is 8.42 Å². The Hall–Kier alpha value is -2.44. The molecule has 0 bridgehead atoms. The first-order chi connectivity index (χ1) is 11.4. The lowest BCUT2D eigenvalue weighted by molar-refractivity contribution is 0.424. The van der Waals surface area contributed by atoms with Crippen molar-refractivity contribution in [2.75, 3.05) is 0 Å². The predicted octanol–water partition coefficient (Wildman–Crippen LogP) is 3.53. The van der Waals surface area contributed by atoms with Crippen molar-refractivity contribution in [1.29, 1.82) is 0 Å².